The standard InChI is InChI=1S/C25H27N5O6/c1-5-33-19-12-16(13-20(34-6-2)23(19)35-7-3)24(32)27-21-14-17(18-9-8-10-36-18)29-30(21)25-26-15(4)11-22(31)28-25/h8-14H,5-7H2,1-4H3,(H,27,32)(H,26,28,31). The summed E-state index contributed by atoms with van der Waals surface area (Å²) in [6, 6.07) is 9.63. The molecule has 2 N–H and O–H groups in total. The topological polar surface area (TPSA) is 134 Å². The van der Waals surface area contributed by atoms with Gasteiger partial charge in [0, 0.05) is 23.4 Å². The van der Waals surface area contributed by atoms with Crippen molar-refractivity contribution in [2.24, 2.45) is 0 Å². The molecule has 1 aromatic carbocycles. The van der Waals surface area contributed by atoms with E-state index in [1.165, 1.54) is 17.0 Å². The summed E-state index contributed by atoms with van der Waals surface area (Å²) in [5, 5.41) is 7.33. The number of hydrogen-bond acceptors (Lipinski definition) is 8. The molecule has 0 radical (unpaired) electrons. The van der Waals surface area contributed by atoms with Crippen molar-refractivity contribution in [3.63, 3.8) is 0 Å². The lowest BCUT2D eigenvalue weighted by molar-refractivity contribution is 0.102. The minimum Gasteiger partial charge on any atom is -0.490 e. The summed E-state index contributed by atoms with van der Waals surface area (Å²) in [5.41, 5.74) is 0.869. The first-order valence-corrected chi connectivity index (χ1v) is 11.5. The molecule has 0 saturated heterocycles. The van der Waals surface area contributed by atoms with Crippen molar-refractivity contribution in [1.82, 2.24) is 19.7 Å². The van der Waals surface area contributed by atoms with Crippen molar-refractivity contribution in [3.8, 4) is 34.7 Å². The van der Waals surface area contributed by atoms with Crippen molar-refractivity contribution >= 4 is 11.7 Å². The number of rotatable bonds is 10. The molecule has 4 rings (SSSR count). The Morgan fingerprint density at radius 2 is 1.75 bits per heavy atom. The van der Waals surface area contributed by atoms with Gasteiger partial charge >= 0.3 is 0 Å². The monoisotopic (exact) mass is 493 g/mol. The molecule has 11 nitrogen and oxygen atoms in total. The molecule has 4 aromatic rings. The first kappa shape index (κ1) is 24.6. The number of nitrogens with zero attached hydrogens (tertiary/aromatic N) is 3. The first-order chi connectivity index (χ1) is 17.4. The van der Waals surface area contributed by atoms with Crippen LogP contribution in [-0.2, 0) is 0 Å². The van der Waals surface area contributed by atoms with Gasteiger partial charge in [0.1, 0.15) is 11.5 Å². The zero-order valence-corrected chi connectivity index (χ0v) is 20.5. The maximum absolute atomic E-state index is 13.4. The lowest BCUT2D eigenvalue weighted by Gasteiger charge is -2.17. The smallest absolute Gasteiger partial charge is 0.257 e. The molecule has 0 bridgehead atoms. The van der Waals surface area contributed by atoms with E-state index in [9.17, 15) is 9.59 Å². The molecule has 0 aliphatic carbocycles. The fourth-order valence-corrected chi connectivity index (χ4v) is 3.55. The molecule has 1 amide bonds. The largest absolute Gasteiger partial charge is 0.490 e. The van der Waals surface area contributed by atoms with Crippen LogP contribution in [0.3, 0.4) is 0 Å². The predicted octanol–water partition coefficient (Wildman–Crippen LogP) is 3.97. The van der Waals surface area contributed by atoms with Gasteiger partial charge in [-0.05, 0) is 52.0 Å². The lowest BCUT2D eigenvalue weighted by Crippen LogP contribution is -2.19. The van der Waals surface area contributed by atoms with Gasteiger partial charge < -0.3 is 23.9 Å². The minimum atomic E-state index is -0.456. The number of nitrogens with one attached hydrogen (secondary N) is 2. The molecule has 3 aromatic heterocycles. The van der Waals surface area contributed by atoms with Gasteiger partial charge in [0.15, 0.2) is 17.3 Å². The van der Waals surface area contributed by atoms with Gasteiger partial charge in [0.05, 0.1) is 26.1 Å². The van der Waals surface area contributed by atoms with E-state index in [4.69, 9.17) is 18.6 Å². The molecule has 0 aliphatic rings. The van der Waals surface area contributed by atoms with Gasteiger partial charge in [-0.1, -0.05) is 0 Å². The highest BCUT2D eigenvalue weighted by atomic mass is 16.5. The fraction of sp³-hybridized carbons (Fsp3) is 0.280. The summed E-state index contributed by atoms with van der Waals surface area (Å²) >= 11 is 0. The van der Waals surface area contributed by atoms with Crippen molar-refractivity contribution < 1.29 is 23.4 Å². The maximum atomic E-state index is 13.4. The number of carbonyl (C=O) groups excluding carboxylic acids is 1. The minimum absolute atomic E-state index is 0.143. The number of furan rings is 1. The number of benzene rings is 1. The average molecular weight is 494 g/mol. The quantitative estimate of drug-likeness (QED) is 0.339. The molecule has 188 valence electrons. The third-order valence-electron chi connectivity index (χ3n) is 4.95. The number of aryl methyl sites for hydroxylation is 1. The Balaban J connectivity index is 1.76. The molecule has 0 atom stereocenters. The molecular formula is C25H27N5O6. The summed E-state index contributed by atoms with van der Waals surface area (Å²) in [6.07, 6.45) is 1.52. The van der Waals surface area contributed by atoms with E-state index in [1.807, 2.05) is 20.8 Å². The highest BCUT2D eigenvalue weighted by molar-refractivity contribution is 6.05. The SMILES string of the molecule is CCOc1cc(C(=O)Nc2cc(-c3ccco3)nn2-c2nc(C)cc(=O)[nH]2)cc(OCC)c1OCC. The summed E-state index contributed by atoms with van der Waals surface area (Å²) in [4.78, 5) is 32.5. The zero-order valence-electron chi connectivity index (χ0n) is 20.5. The number of H-pyrrole nitrogens is 1. The van der Waals surface area contributed by atoms with Crippen LogP contribution in [0.4, 0.5) is 5.82 Å². The second-order valence-electron chi connectivity index (χ2n) is 7.57. The Bertz CT molecular complexity index is 1380. The van der Waals surface area contributed by atoms with Crippen LogP contribution in [0.15, 0.2) is 51.9 Å². The molecule has 11 heteroatoms. The second kappa shape index (κ2) is 10.8. The molecule has 0 fully saturated rings. The van der Waals surface area contributed by atoms with Crippen LogP contribution in [-0.4, -0.2) is 45.5 Å². The van der Waals surface area contributed by atoms with Crippen molar-refractivity contribution in [2.45, 2.75) is 27.7 Å². The van der Waals surface area contributed by atoms with E-state index < -0.39 is 5.91 Å². The third-order valence-corrected chi connectivity index (χ3v) is 4.95. The van der Waals surface area contributed by atoms with Crippen LogP contribution in [0.1, 0.15) is 36.8 Å². The van der Waals surface area contributed by atoms with Crippen molar-refractivity contribution in [2.75, 3.05) is 25.1 Å². The molecule has 0 saturated carbocycles. The number of hydrogen-bond donors (Lipinski definition) is 2. The summed E-state index contributed by atoms with van der Waals surface area (Å²) in [5.74, 6) is 1.66. The molecule has 36 heavy (non-hydrogen) atoms. The normalized spacial score (nSPS) is 10.8. The number of aromatic amines is 1. The zero-order chi connectivity index (χ0) is 25.7. The summed E-state index contributed by atoms with van der Waals surface area (Å²) in [7, 11) is 0. The third kappa shape index (κ3) is 5.24. The molecular weight excluding hydrogens is 466 g/mol. The Labute approximate surface area is 207 Å². The van der Waals surface area contributed by atoms with Crippen LogP contribution in [0.25, 0.3) is 17.4 Å². The second-order valence-corrected chi connectivity index (χ2v) is 7.57. The molecule has 0 unspecified atom stereocenters. The Kier molecular flexibility index (Phi) is 7.38. The number of carbonyl (C=O) groups is 1. The van der Waals surface area contributed by atoms with E-state index in [2.05, 4.69) is 20.4 Å². The van der Waals surface area contributed by atoms with E-state index in [0.717, 1.165) is 0 Å². The van der Waals surface area contributed by atoms with Crippen LogP contribution in [0.2, 0.25) is 0 Å². The van der Waals surface area contributed by atoms with Gasteiger partial charge in [-0.2, -0.15) is 9.78 Å². The Morgan fingerprint density at radius 1 is 1.06 bits per heavy atom. The molecule has 0 spiro atoms. The fourth-order valence-electron chi connectivity index (χ4n) is 3.55. The number of anilines is 1. The summed E-state index contributed by atoms with van der Waals surface area (Å²) in [6.45, 7) is 8.39. The van der Waals surface area contributed by atoms with Crippen LogP contribution < -0.4 is 25.1 Å². The molecule has 0 aliphatic heterocycles. The van der Waals surface area contributed by atoms with Gasteiger partial charge in [-0.3, -0.25) is 14.6 Å². The van der Waals surface area contributed by atoms with E-state index in [1.54, 1.807) is 37.3 Å². The van der Waals surface area contributed by atoms with Gasteiger partial charge in [-0.25, -0.2) is 4.98 Å². The Hall–Kier alpha value is -4.54. The van der Waals surface area contributed by atoms with Crippen LogP contribution in [0.5, 0.6) is 17.2 Å². The van der Waals surface area contributed by atoms with Gasteiger partial charge in [0.2, 0.25) is 11.7 Å². The average Bonchev–Trinajstić information content (AvgIpc) is 3.51. The van der Waals surface area contributed by atoms with E-state index in [0.29, 0.717) is 54.2 Å². The lowest BCUT2D eigenvalue weighted by atomic mass is 10.1. The number of ether oxygens (including phenoxy) is 3. The van der Waals surface area contributed by atoms with Crippen molar-refractivity contribution in [1.29, 1.82) is 0 Å². The van der Waals surface area contributed by atoms with Gasteiger partial charge in [-0.15, -0.1) is 0 Å². The van der Waals surface area contributed by atoms with E-state index >= 15 is 0 Å². The highest BCUT2D eigenvalue weighted by Gasteiger charge is 2.21. The predicted molar refractivity (Wildman–Crippen MR) is 132 cm³/mol. The van der Waals surface area contributed by atoms with Gasteiger partial charge in [0.25, 0.3) is 11.5 Å². The molecule has 3 heterocycles. The van der Waals surface area contributed by atoms with E-state index in [-0.39, 0.29) is 22.9 Å². The van der Waals surface area contributed by atoms with Crippen LogP contribution in [0, 0.1) is 6.92 Å². The highest BCUT2D eigenvalue weighted by Crippen LogP contribution is 2.39. The maximum Gasteiger partial charge on any atom is 0.257 e. The van der Waals surface area contributed by atoms with Crippen molar-refractivity contribution in [3.05, 3.63) is 64.3 Å². The number of amides is 1. The summed E-state index contributed by atoms with van der Waals surface area (Å²) < 4.78 is 24.0. The first-order valence-electron chi connectivity index (χ1n) is 11.5. The Morgan fingerprint density at radius 3 is 2.33 bits per heavy atom. The number of aromatic nitrogens is 4. The van der Waals surface area contributed by atoms with Crippen LogP contribution >= 0.6 is 0 Å².